The Bertz CT molecular complexity index is 1340. The molecule has 1 saturated heterocycles. The molecule has 0 radical (unpaired) electrons. The maximum absolute atomic E-state index is 14.6. The fourth-order valence-electron chi connectivity index (χ4n) is 8.46. The van der Waals surface area contributed by atoms with E-state index in [0.717, 1.165) is 19.3 Å². The minimum Gasteiger partial charge on any atom is -0.444 e. The highest BCUT2D eigenvalue weighted by atomic mass is 35.5. The molecule has 4 aliphatic carbocycles. The van der Waals surface area contributed by atoms with E-state index in [-0.39, 0.29) is 23.7 Å². The number of nitrogens with zero attached hydrogens (tertiary/aromatic N) is 1. The first kappa shape index (κ1) is 28.2. The summed E-state index contributed by atoms with van der Waals surface area (Å²) in [7, 11) is 0. The third kappa shape index (κ3) is 5.62. The van der Waals surface area contributed by atoms with E-state index < -0.39 is 35.5 Å². The van der Waals surface area contributed by atoms with Crippen molar-refractivity contribution < 1.29 is 23.5 Å². The molecule has 8 heteroatoms. The van der Waals surface area contributed by atoms with Crippen LogP contribution >= 0.6 is 11.6 Å². The monoisotopic (exact) mass is 580 g/mol. The minimum atomic E-state index is -0.945. The Morgan fingerprint density at radius 3 is 2.17 bits per heavy atom. The van der Waals surface area contributed by atoms with Crippen molar-refractivity contribution >= 4 is 29.4 Å². The molecule has 41 heavy (non-hydrogen) atoms. The summed E-state index contributed by atoms with van der Waals surface area (Å²) in [6, 6.07) is 10.7. The van der Waals surface area contributed by atoms with E-state index in [1.165, 1.54) is 36.3 Å². The van der Waals surface area contributed by atoms with Gasteiger partial charge < -0.3 is 10.1 Å². The fourth-order valence-corrected chi connectivity index (χ4v) is 8.65. The number of Topliss-reactive ketones (excluding diaryl/α,β-unsaturated/α-hetero) is 1. The van der Waals surface area contributed by atoms with Gasteiger partial charge in [-0.25, -0.2) is 9.18 Å². The van der Waals surface area contributed by atoms with Crippen LogP contribution in [0.1, 0.15) is 87.7 Å². The Morgan fingerprint density at radius 2 is 1.59 bits per heavy atom. The van der Waals surface area contributed by atoms with E-state index in [0.29, 0.717) is 33.9 Å². The first-order valence-corrected chi connectivity index (χ1v) is 15.2. The lowest BCUT2D eigenvalue weighted by Crippen LogP contribution is -2.62. The summed E-state index contributed by atoms with van der Waals surface area (Å²) < 4.78 is 20.4. The van der Waals surface area contributed by atoms with Crippen LogP contribution in [0.2, 0.25) is 5.02 Å². The van der Waals surface area contributed by atoms with Crippen molar-refractivity contribution in [1.82, 2.24) is 10.2 Å². The van der Waals surface area contributed by atoms with Gasteiger partial charge in [0.1, 0.15) is 17.5 Å². The number of likely N-dealkylation sites (tertiary alicyclic amines) is 1. The Labute approximate surface area is 246 Å². The summed E-state index contributed by atoms with van der Waals surface area (Å²) >= 11 is 6.22. The molecular formula is C33H38ClFN2O4. The predicted molar refractivity (Wildman–Crippen MR) is 154 cm³/mol. The number of hydrogen-bond acceptors (Lipinski definition) is 4. The molecule has 0 aromatic heterocycles. The normalized spacial score (nSPS) is 32.2. The summed E-state index contributed by atoms with van der Waals surface area (Å²) in [5, 5.41) is 3.82. The molecule has 2 aromatic carbocycles. The van der Waals surface area contributed by atoms with Gasteiger partial charge in [-0.3, -0.25) is 14.5 Å². The lowest BCUT2D eigenvalue weighted by atomic mass is 9.53. The number of amides is 2. The van der Waals surface area contributed by atoms with Gasteiger partial charge in [-0.15, -0.1) is 0 Å². The summed E-state index contributed by atoms with van der Waals surface area (Å²) in [5.74, 6) is 0.0934. The third-order valence-electron chi connectivity index (χ3n) is 9.46. The second kappa shape index (κ2) is 10.4. The number of carbonyl (C=O) groups is 3. The zero-order valence-corrected chi connectivity index (χ0v) is 24.6. The quantitative estimate of drug-likeness (QED) is 0.382. The first-order valence-electron chi connectivity index (χ1n) is 14.8. The van der Waals surface area contributed by atoms with Crippen LogP contribution in [0.15, 0.2) is 48.5 Å². The number of hydrogen-bond donors (Lipinski definition) is 1. The van der Waals surface area contributed by atoms with Crippen LogP contribution in [0.25, 0.3) is 0 Å². The molecule has 1 N–H and O–H groups in total. The van der Waals surface area contributed by atoms with Crippen LogP contribution < -0.4 is 5.32 Å². The minimum absolute atomic E-state index is 0.101. The molecule has 218 valence electrons. The number of halogens is 2. The van der Waals surface area contributed by atoms with Crippen molar-refractivity contribution in [2.75, 3.05) is 0 Å². The molecule has 0 spiro atoms. The van der Waals surface area contributed by atoms with Gasteiger partial charge in [0.25, 0.3) is 0 Å². The predicted octanol–water partition coefficient (Wildman–Crippen LogP) is 7.11. The van der Waals surface area contributed by atoms with Crippen LogP contribution in [0.4, 0.5) is 9.18 Å². The molecule has 2 aromatic rings. The summed E-state index contributed by atoms with van der Waals surface area (Å²) in [6.07, 6.45) is 6.00. The van der Waals surface area contributed by atoms with Gasteiger partial charge in [-0.1, -0.05) is 35.9 Å². The van der Waals surface area contributed by atoms with Gasteiger partial charge in [0.15, 0.2) is 5.78 Å². The van der Waals surface area contributed by atoms with Gasteiger partial charge in [0, 0.05) is 22.0 Å². The summed E-state index contributed by atoms with van der Waals surface area (Å²) in [6.45, 7) is 5.28. The molecule has 5 aliphatic rings. The van der Waals surface area contributed by atoms with Crippen molar-refractivity contribution in [3.05, 3.63) is 70.5 Å². The SMILES string of the molecule is CC(C)(C)OC(=O)N1[C@H](C(=O)NC23CC4CC(CC(C4)C2)C3)C[C@H](C(=O)c2cccc(Cl)c2)[C@@H]1c1cccc(F)c1. The van der Waals surface area contributed by atoms with Crippen LogP contribution in [-0.2, 0) is 9.53 Å². The van der Waals surface area contributed by atoms with Crippen molar-refractivity contribution in [2.45, 2.75) is 88.9 Å². The van der Waals surface area contributed by atoms with Crippen molar-refractivity contribution in [2.24, 2.45) is 23.7 Å². The number of nitrogens with one attached hydrogen (secondary N) is 1. The van der Waals surface area contributed by atoms with E-state index >= 15 is 0 Å². The maximum Gasteiger partial charge on any atom is 0.411 e. The third-order valence-corrected chi connectivity index (χ3v) is 9.70. The molecule has 2 amide bonds. The van der Waals surface area contributed by atoms with Gasteiger partial charge >= 0.3 is 6.09 Å². The zero-order chi connectivity index (χ0) is 29.1. The van der Waals surface area contributed by atoms with Gasteiger partial charge in [0.05, 0.1) is 6.04 Å². The van der Waals surface area contributed by atoms with E-state index in [9.17, 15) is 18.8 Å². The molecular weight excluding hydrogens is 543 g/mol. The number of rotatable bonds is 5. The van der Waals surface area contributed by atoms with E-state index in [1.54, 1.807) is 57.2 Å². The molecule has 4 bridgehead atoms. The Kier molecular flexibility index (Phi) is 7.16. The van der Waals surface area contributed by atoms with E-state index in [4.69, 9.17) is 16.3 Å². The van der Waals surface area contributed by atoms with Crippen molar-refractivity contribution in [3.8, 4) is 0 Å². The van der Waals surface area contributed by atoms with Gasteiger partial charge in [-0.05, 0) is 113 Å². The number of ketones is 1. The molecule has 4 saturated carbocycles. The average molecular weight is 581 g/mol. The fraction of sp³-hybridized carbons (Fsp3) is 0.545. The molecule has 1 heterocycles. The van der Waals surface area contributed by atoms with Crippen LogP contribution in [0.5, 0.6) is 0 Å². The van der Waals surface area contributed by atoms with Crippen molar-refractivity contribution in [1.29, 1.82) is 0 Å². The second-order valence-corrected chi connectivity index (χ2v) is 14.2. The topological polar surface area (TPSA) is 75.7 Å². The Balaban J connectivity index is 1.39. The molecule has 7 rings (SSSR count). The van der Waals surface area contributed by atoms with Crippen molar-refractivity contribution in [3.63, 3.8) is 0 Å². The Morgan fingerprint density at radius 1 is 0.951 bits per heavy atom. The highest BCUT2D eigenvalue weighted by Crippen LogP contribution is 2.56. The lowest BCUT2D eigenvalue weighted by Gasteiger charge is -2.57. The molecule has 1 aliphatic heterocycles. The van der Waals surface area contributed by atoms with Gasteiger partial charge in [0.2, 0.25) is 5.91 Å². The van der Waals surface area contributed by atoms with Crippen LogP contribution in [-0.4, -0.2) is 39.9 Å². The molecule has 3 atom stereocenters. The lowest BCUT2D eigenvalue weighted by molar-refractivity contribution is -0.131. The summed E-state index contributed by atoms with van der Waals surface area (Å²) in [4.78, 5) is 43.5. The Hall–Kier alpha value is -2.93. The standard InChI is InChI=1S/C33H38ClFN2O4/c1-32(2,3)41-31(40)37-27(30(39)36-33-16-19-10-20(17-33)12-21(11-19)18-33)15-26(28(37)22-6-5-9-25(35)14-22)29(38)23-7-4-8-24(34)13-23/h4-9,13-14,19-21,26-28H,10-12,15-18H2,1-3H3,(H,36,39)/t19?,20?,21?,26-,27-,28-,33?/m0/s1. The highest BCUT2D eigenvalue weighted by Gasteiger charge is 2.55. The molecule has 6 nitrogen and oxygen atoms in total. The number of benzene rings is 2. The largest absolute Gasteiger partial charge is 0.444 e. The molecule has 0 unspecified atom stereocenters. The first-order chi connectivity index (χ1) is 19.4. The van der Waals surface area contributed by atoms with Crippen LogP contribution in [0, 0.1) is 29.5 Å². The molecule has 5 fully saturated rings. The zero-order valence-electron chi connectivity index (χ0n) is 23.9. The van der Waals surface area contributed by atoms with Crippen LogP contribution in [0.3, 0.4) is 0 Å². The smallest absolute Gasteiger partial charge is 0.411 e. The van der Waals surface area contributed by atoms with E-state index in [1.807, 2.05) is 0 Å². The van der Waals surface area contributed by atoms with Gasteiger partial charge in [-0.2, -0.15) is 0 Å². The average Bonchev–Trinajstić information content (AvgIpc) is 3.27. The number of ether oxygens (including phenoxy) is 1. The maximum atomic E-state index is 14.6. The highest BCUT2D eigenvalue weighted by molar-refractivity contribution is 6.31. The second-order valence-electron chi connectivity index (χ2n) is 13.8. The number of carbonyl (C=O) groups excluding carboxylic acids is 3. The van der Waals surface area contributed by atoms with E-state index in [2.05, 4.69) is 5.32 Å². The summed E-state index contributed by atoms with van der Waals surface area (Å²) in [5.41, 5.74) is -0.273.